The largest absolute Gasteiger partial charge is 0.444 e. The minimum Gasteiger partial charge on any atom is -0.444 e. The molecule has 3 fully saturated rings. The van der Waals surface area contributed by atoms with Gasteiger partial charge in [0.25, 0.3) is 0 Å². The molecule has 1 N–H and O–H groups in total. The fourth-order valence-corrected chi connectivity index (χ4v) is 3.50. The second-order valence-corrected chi connectivity index (χ2v) is 7.79. The Kier molecular flexibility index (Phi) is 3.91. The zero-order valence-corrected chi connectivity index (χ0v) is 13.5. The predicted molar refractivity (Wildman–Crippen MR) is 80.2 cm³/mol. The fourth-order valence-electron chi connectivity index (χ4n) is 3.50. The van der Waals surface area contributed by atoms with Gasteiger partial charge in [0.15, 0.2) is 0 Å². The van der Waals surface area contributed by atoms with Crippen LogP contribution in [0.15, 0.2) is 0 Å². The predicted octanol–water partition coefficient (Wildman–Crippen LogP) is 2.15. The van der Waals surface area contributed by atoms with E-state index in [0.29, 0.717) is 19.1 Å². The maximum absolute atomic E-state index is 12.1. The van der Waals surface area contributed by atoms with Crippen LogP contribution in [0, 0.1) is 5.92 Å². The number of carbonyl (C=O) groups is 1. The SMILES string of the molecule is CC(C)(C)OC(=O)N1CC2(C1)OCCNC2CC1CCC1. The summed E-state index contributed by atoms with van der Waals surface area (Å²) in [5.41, 5.74) is -0.610. The van der Waals surface area contributed by atoms with E-state index in [-0.39, 0.29) is 11.7 Å². The lowest BCUT2D eigenvalue weighted by Crippen LogP contribution is -2.75. The first-order valence-corrected chi connectivity index (χ1v) is 8.23. The Labute approximate surface area is 127 Å². The molecule has 0 radical (unpaired) electrons. The molecule has 3 rings (SSSR count). The van der Waals surface area contributed by atoms with Crippen molar-refractivity contribution in [1.29, 1.82) is 0 Å². The highest BCUT2D eigenvalue weighted by Crippen LogP contribution is 2.38. The number of hydrogen-bond donors (Lipinski definition) is 1. The molecule has 1 aliphatic carbocycles. The third kappa shape index (κ3) is 3.19. The Hall–Kier alpha value is -0.810. The normalized spacial score (nSPS) is 28.9. The van der Waals surface area contributed by atoms with Gasteiger partial charge in [0.05, 0.1) is 19.7 Å². The van der Waals surface area contributed by atoms with E-state index in [1.807, 2.05) is 20.8 Å². The summed E-state index contributed by atoms with van der Waals surface area (Å²) >= 11 is 0. The Morgan fingerprint density at radius 2 is 2.10 bits per heavy atom. The van der Waals surface area contributed by atoms with Gasteiger partial charge in [0, 0.05) is 12.6 Å². The van der Waals surface area contributed by atoms with Crippen LogP contribution in [0.5, 0.6) is 0 Å². The van der Waals surface area contributed by atoms with Crippen LogP contribution in [-0.2, 0) is 9.47 Å². The number of hydrogen-bond acceptors (Lipinski definition) is 4. The van der Waals surface area contributed by atoms with Crippen LogP contribution in [0.1, 0.15) is 46.5 Å². The second-order valence-electron chi connectivity index (χ2n) is 7.79. The lowest BCUT2D eigenvalue weighted by molar-refractivity contribution is -0.178. The maximum Gasteiger partial charge on any atom is 0.410 e. The lowest BCUT2D eigenvalue weighted by Gasteiger charge is -2.56. The molecule has 2 saturated heterocycles. The van der Waals surface area contributed by atoms with E-state index in [0.717, 1.165) is 19.1 Å². The van der Waals surface area contributed by atoms with Crippen molar-refractivity contribution in [2.75, 3.05) is 26.2 Å². The Morgan fingerprint density at radius 1 is 1.38 bits per heavy atom. The van der Waals surface area contributed by atoms with Crippen LogP contribution in [0.4, 0.5) is 4.79 Å². The Bertz CT molecular complexity index is 395. The zero-order chi connectivity index (χ0) is 15.1. The van der Waals surface area contributed by atoms with Crippen molar-refractivity contribution in [3.63, 3.8) is 0 Å². The first-order chi connectivity index (χ1) is 9.88. The summed E-state index contributed by atoms with van der Waals surface area (Å²) < 4.78 is 11.5. The third-order valence-electron chi connectivity index (χ3n) is 4.88. The van der Waals surface area contributed by atoms with Crippen LogP contribution in [0.25, 0.3) is 0 Å². The van der Waals surface area contributed by atoms with E-state index in [1.54, 1.807) is 4.90 Å². The molecule has 1 spiro atoms. The molecule has 2 aliphatic heterocycles. The Balaban J connectivity index is 1.56. The van der Waals surface area contributed by atoms with Crippen molar-refractivity contribution in [3.8, 4) is 0 Å². The van der Waals surface area contributed by atoms with Crippen molar-refractivity contribution in [2.24, 2.45) is 5.92 Å². The summed E-state index contributed by atoms with van der Waals surface area (Å²) in [6.07, 6.45) is 5.04. The first kappa shape index (κ1) is 15.1. The van der Waals surface area contributed by atoms with Crippen molar-refractivity contribution < 1.29 is 14.3 Å². The summed E-state index contributed by atoms with van der Waals surface area (Å²) in [5.74, 6) is 0.844. The molecule has 0 aromatic rings. The van der Waals surface area contributed by atoms with Crippen molar-refractivity contribution in [1.82, 2.24) is 10.2 Å². The standard InChI is InChI=1S/C16H28N2O3/c1-15(2,3)21-14(19)18-10-16(11-18)13(17-7-8-20-16)9-12-5-4-6-12/h12-13,17H,4-11H2,1-3H3. The van der Waals surface area contributed by atoms with Crippen molar-refractivity contribution >= 4 is 6.09 Å². The zero-order valence-electron chi connectivity index (χ0n) is 13.5. The van der Waals surface area contributed by atoms with Crippen LogP contribution < -0.4 is 5.32 Å². The van der Waals surface area contributed by atoms with Gasteiger partial charge in [0.1, 0.15) is 11.2 Å². The molecule has 5 heteroatoms. The molecular weight excluding hydrogens is 268 g/mol. The molecule has 120 valence electrons. The monoisotopic (exact) mass is 296 g/mol. The average Bonchev–Trinajstić information content (AvgIpc) is 2.29. The number of amides is 1. The minimum atomic E-state index is -0.434. The number of rotatable bonds is 2. The van der Waals surface area contributed by atoms with E-state index in [9.17, 15) is 4.79 Å². The molecule has 1 saturated carbocycles. The number of likely N-dealkylation sites (tertiary alicyclic amines) is 1. The van der Waals surface area contributed by atoms with Gasteiger partial charge in [-0.3, -0.25) is 0 Å². The molecule has 0 bridgehead atoms. The third-order valence-corrected chi connectivity index (χ3v) is 4.88. The van der Waals surface area contributed by atoms with Gasteiger partial charge in [0.2, 0.25) is 0 Å². The van der Waals surface area contributed by atoms with E-state index in [2.05, 4.69) is 5.32 Å². The van der Waals surface area contributed by atoms with Gasteiger partial charge in [-0.25, -0.2) is 4.79 Å². The van der Waals surface area contributed by atoms with Crippen molar-refractivity contribution in [3.05, 3.63) is 0 Å². The van der Waals surface area contributed by atoms with E-state index in [4.69, 9.17) is 9.47 Å². The Morgan fingerprint density at radius 3 is 2.67 bits per heavy atom. The van der Waals surface area contributed by atoms with Crippen LogP contribution in [0.2, 0.25) is 0 Å². The van der Waals surface area contributed by atoms with E-state index >= 15 is 0 Å². The number of nitrogens with one attached hydrogen (secondary N) is 1. The highest BCUT2D eigenvalue weighted by atomic mass is 16.6. The van der Waals surface area contributed by atoms with E-state index < -0.39 is 5.60 Å². The highest BCUT2D eigenvalue weighted by Gasteiger charge is 2.54. The molecule has 1 unspecified atom stereocenters. The molecule has 2 heterocycles. The average molecular weight is 296 g/mol. The van der Waals surface area contributed by atoms with Crippen LogP contribution >= 0.6 is 0 Å². The second kappa shape index (κ2) is 5.43. The van der Waals surface area contributed by atoms with Gasteiger partial charge in [-0.05, 0) is 33.1 Å². The van der Waals surface area contributed by atoms with Gasteiger partial charge in [-0.2, -0.15) is 0 Å². The van der Waals surface area contributed by atoms with Gasteiger partial charge in [-0.15, -0.1) is 0 Å². The molecule has 0 aromatic carbocycles. The number of nitrogens with zero attached hydrogens (tertiary/aromatic N) is 1. The fraction of sp³-hybridized carbons (Fsp3) is 0.938. The summed E-state index contributed by atoms with van der Waals surface area (Å²) in [7, 11) is 0. The molecule has 1 amide bonds. The quantitative estimate of drug-likeness (QED) is 0.848. The maximum atomic E-state index is 12.1. The van der Waals surface area contributed by atoms with Crippen LogP contribution in [0.3, 0.4) is 0 Å². The van der Waals surface area contributed by atoms with Gasteiger partial charge >= 0.3 is 6.09 Å². The van der Waals surface area contributed by atoms with Crippen molar-refractivity contribution in [2.45, 2.75) is 63.7 Å². The topological polar surface area (TPSA) is 50.8 Å². The highest BCUT2D eigenvalue weighted by molar-refractivity contribution is 5.69. The summed E-state index contributed by atoms with van der Waals surface area (Å²) in [6.45, 7) is 8.68. The number of ether oxygens (including phenoxy) is 2. The van der Waals surface area contributed by atoms with Crippen LogP contribution in [-0.4, -0.2) is 54.5 Å². The van der Waals surface area contributed by atoms with Gasteiger partial charge in [-0.1, -0.05) is 19.3 Å². The summed E-state index contributed by atoms with van der Waals surface area (Å²) in [6, 6.07) is 0.384. The molecular formula is C16H28N2O3. The molecule has 5 nitrogen and oxygen atoms in total. The number of morpholine rings is 1. The molecule has 0 aromatic heterocycles. The summed E-state index contributed by atoms with van der Waals surface area (Å²) in [5, 5.41) is 3.61. The summed E-state index contributed by atoms with van der Waals surface area (Å²) in [4.78, 5) is 13.9. The molecule has 21 heavy (non-hydrogen) atoms. The molecule has 1 atom stereocenters. The minimum absolute atomic E-state index is 0.176. The number of carbonyl (C=O) groups excluding carboxylic acids is 1. The van der Waals surface area contributed by atoms with Gasteiger partial charge < -0.3 is 19.7 Å². The van der Waals surface area contributed by atoms with E-state index in [1.165, 1.54) is 25.7 Å². The smallest absolute Gasteiger partial charge is 0.410 e. The first-order valence-electron chi connectivity index (χ1n) is 8.23. The molecule has 3 aliphatic rings. The lowest BCUT2D eigenvalue weighted by atomic mass is 9.74.